The van der Waals surface area contributed by atoms with Gasteiger partial charge in [0.15, 0.2) is 0 Å². The Morgan fingerprint density at radius 2 is 1.68 bits per heavy atom. The third-order valence-corrected chi connectivity index (χ3v) is 8.83. The third-order valence-electron chi connectivity index (χ3n) is 8.83. The van der Waals surface area contributed by atoms with Gasteiger partial charge in [0.25, 0.3) is 0 Å². The second-order valence-corrected chi connectivity index (χ2v) is 11.4. The molecule has 41 heavy (non-hydrogen) atoms. The highest BCUT2D eigenvalue weighted by Crippen LogP contribution is 2.60. The first-order valence-corrected chi connectivity index (χ1v) is 14.3. The molecule has 2 unspecified atom stereocenters. The van der Waals surface area contributed by atoms with Gasteiger partial charge in [0, 0.05) is 24.8 Å². The smallest absolute Gasteiger partial charge is 0.248 e. The van der Waals surface area contributed by atoms with Crippen LogP contribution in [0.1, 0.15) is 38.3 Å². The van der Waals surface area contributed by atoms with Crippen molar-refractivity contribution in [1.29, 1.82) is 0 Å². The third kappa shape index (κ3) is 4.69. The van der Waals surface area contributed by atoms with Gasteiger partial charge in [-0.1, -0.05) is 60.7 Å². The van der Waals surface area contributed by atoms with E-state index in [0.717, 1.165) is 0 Å². The maximum absolute atomic E-state index is 14.6. The van der Waals surface area contributed by atoms with Gasteiger partial charge in [-0.2, -0.15) is 0 Å². The molecule has 3 fully saturated rings. The summed E-state index contributed by atoms with van der Waals surface area (Å²) in [5.41, 5.74) is 0.248. The van der Waals surface area contributed by atoms with Crippen LogP contribution in [0.25, 0.3) is 0 Å². The van der Waals surface area contributed by atoms with Crippen LogP contribution in [0.5, 0.6) is 0 Å². The molecule has 3 amide bonds. The highest BCUT2D eigenvalue weighted by atomic mass is 16.5. The number of carbonyl (C=O) groups is 3. The van der Waals surface area contributed by atoms with E-state index in [1.165, 1.54) is 4.90 Å². The minimum atomic E-state index is -1.17. The number of anilines is 1. The van der Waals surface area contributed by atoms with Crippen LogP contribution in [0.4, 0.5) is 5.69 Å². The summed E-state index contributed by atoms with van der Waals surface area (Å²) in [6, 6.07) is 16.6. The number of para-hydroxylation sites is 1. The Morgan fingerprint density at radius 1 is 1.05 bits per heavy atom. The second-order valence-electron chi connectivity index (χ2n) is 11.4. The van der Waals surface area contributed by atoms with Crippen molar-refractivity contribution >= 4 is 23.4 Å². The Balaban J connectivity index is 1.62. The molecule has 8 heteroatoms. The van der Waals surface area contributed by atoms with Crippen LogP contribution in [-0.2, 0) is 19.1 Å². The monoisotopic (exact) mass is 557 g/mol. The summed E-state index contributed by atoms with van der Waals surface area (Å²) in [4.78, 5) is 48.2. The van der Waals surface area contributed by atoms with Gasteiger partial charge in [0.05, 0.1) is 30.6 Å². The fraction of sp³-hybridized carbons (Fsp3) is 0.424. The Bertz CT molecular complexity index is 1300. The SMILES string of the molecule is C=CCN(C(=O)[C@@H]1[C@H]2C(=O)N([C@H](CO)c3ccccc3)C(C(=O)N(CC=C)C(C)C)C23CC[C@H]1O3)c1ccccc1. The highest BCUT2D eigenvalue weighted by molar-refractivity contribution is 6.03. The van der Waals surface area contributed by atoms with Gasteiger partial charge in [-0.3, -0.25) is 14.4 Å². The molecule has 0 saturated carbocycles. The molecule has 2 aromatic rings. The van der Waals surface area contributed by atoms with Crippen LogP contribution in [-0.4, -0.2) is 76.1 Å². The van der Waals surface area contributed by atoms with E-state index in [-0.39, 0.29) is 36.9 Å². The molecule has 5 rings (SSSR count). The molecular formula is C33H39N3O5. The van der Waals surface area contributed by atoms with Crippen molar-refractivity contribution in [3.05, 3.63) is 91.5 Å². The molecule has 3 aliphatic rings. The van der Waals surface area contributed by atoms with Crippen molar-refractivity contribution in [3.63, 3.8) is 0 Å². The van der Waals surface area contributed by atoms with Gasteiger partial charge in [-0.15, -0.1) is 13.2 Å². The summed E-state index contributed by atoms with van der Waals surface area (Å²) < 4.78 is 6.66. The van der Waals surface area contributed by atoms with Crippen molar-refractivity contribution in [2.45, 2.75) is 56.5 Å². The van der Waals surface area contributed by atoms with Crippen molar-refractivity contribution in [1.82, 2.24) is 9.80 Å². The summed E-state index contributed by atoms with van der Waals surface area (Å²) in [6.45, 7) is 11.7. The number of aliphatic hydroxyl groups excluding tert-OH is 1. The minimum Gasteiger partial charge on any atom is -0.394 e. The zero-order valence-corrected chi connectivity index (χ0v) is 23.8. The molecule has 8 nitrogen and oxygen atoms in total. The molecule has 2 bridgehead atoms. The summed E-state index contributed by atoms with van der Waals surface area (Å²) in [7, 11) is 0. The average molecular weight is 558 g/mol. The normalized spacial score (nSPS) is 27.0. The van der Waals surface area contributed by atoms with Crippen LogP contribution in [0.15, 0.2) is 86.0 Å². The lowest BCUT2D eigenvalue weighted by atomic mass is 9.70. The molecule has 1 spiro atoms. The Labute approximate surface area is 241 Å². The van der Waals surface area contributed by atoms with E-state index in [4.69, 9.17) is 4.74 Å². The number of likely N-dealkylation sites (tertiary alicyclic amines) is 1. The van der Waals surface area contributed by atoms with E-state index in [0.29, 0.717) is 30.6 Å². The van der Waals surface area contributed by atoms with E-state index >= 15 is 0 Å². The van der Waals surface area contributed by atoms with E-state index in [1.807, 2.05) is 74.5 Å². The number of benzene rings is 2. The maximum atomic E-state index is 14.6. The highest BCUT2D eigenvalue weighted by Gasteiger charge is 2.75. The molecule has 2 aromatic carbocycles. The quantitative estimate of drug-likeness (QED) is 0.425. The molecule has 3 saturated heterocycles. The lowest BCUT2D eigenvalue weighted by Gasteiger charge is -2.40. The predicted molar refractivity (Wildman–Crippen MR) is 157 cm³/mol. The first-order chi connectivity index (χ1) is 19.8. The fourth-order valence-electron chi connectivity index (χ4n) is 7.11. The summed E-state index contributed by atoms with van der Waals surface area (Å²) >= 11 is 0. The number of hydrogen-bond donors (Lipinski definition) is 1. The van der Waals surface area contributed by atoms with Crippen LogP contribution in [0, 0.1) is 11.8 Å². The molecule has 3 heterocycles. The Kier molecular flexibility index (Phi) is 8.16. The molecule has 0 aromatic heterocycles. The largest absolute Gasteiger partial charge is 0.394 e. The average Bonchev–Trinajstić information content (AvgIpc) is 3.63. The Hall–Kier alpha value is -3.75. The second kappa shape index (κ2) is 11.6. The van der Waals surface area contributed by atoms with Gasteiger partial charge in [-0.05, 0) is 44.4 Å². The van der Waals surface area contributed by atoms with E-state index in [9.17, 15) is 19.5 Å². The summed E-state index contributed by atoms with van der Waals surface area (Å²) in [6.07, 6.45) is 3.89. The lowest BCUT2D eigenvalue weighted by molar-refractivity contribution is -0.152. The minimum absolute atomic E-state index is 0.158. The number of amides is 3. The number of rotatable bonds is 11. The van der Waals surface area contributed by atoms with Crippen LogP contribution in [0.2, 0.25) is 0 Å². The summed E-state index contributed by atoms with van der Waals surface area (Å²) in [5.74, 6) is -2.43. The van der Waals surface area contributed by atoms with Crippen LogP contribution in [0.3, 0.4) is 0 Å². The first-order valence-electron chi connectivity index (χ1n) is 14.3. The molecule has 0 radical (unpaired) electrons. The molecule has 0 aliphatic carbocycles. The maximum Gasteiger partial charge on any atom is 0.248 e. The number of aliphatic hydroxyl groups is 1. The van der Waals surface area contributed by atoms with Gasteiger partial charge in [-0.25, -0.2) is 0 Å². The van der Waals surface area contributed by atoms with Crippen molar-refractivity contribution in [2.24, 2.45) is 11.8 Å². The zero-order chi connectivity index (χ0) is 29.3. The van der Waals surface area contributed by atoms with E-state index in [1.54, 1.807) is 22.0 Å². The fourth-order valence-corrected chi connectivity index (χ4v) is 7.11. The van der Waals surface area contributed by atoms with Crippen LogP contribution >= 0.6 is 0 Å². The van der Waals surface area contributed by atoms with Crippen LogP contribution < -0.4 is 4.90 Å². The topological polar surface area (TPSA) is 90.4 Å². The number of carbonyl (C=O) groups excluding carboxylic acids is 3. The molecule has 1 N–H and O–H groups in total. The standard InChI is InChI=1S/C33H39N3O5/c1-5-19-34(22(3)4)32(40)29-33-18-17-26(41-33)27(30(38)35(20-6-2)24-15-11-8-12-16-24)28(33)31(39)36(29)25(21-37)23-13-9-7-10-14-23/h5-16,22,25-29,37H,1-2,17-21H2,3-4H3/t25-,26-,27+,28+,29?,33?/m1/s1. The van der Waals surface area contributed by atoms with E-state index in [2.05, 4.69) is 13.2 Å². The van der Waals surface area contributed by atoms with Gasteiger partial charge in [0.1, 0.15) is 11.6 Å². The number of ether oxygens (including phenoxy) is 1. The number of fused-ring (bicyclic) bond motifs is 1. The molecular weight excluding hydrogens is 518 g/mol. The Morgan fingerprint density at radius 3 is 2.27 bits per heavy atom. The zero-order valence-electron chi connectivity index (χ0n) is 23.8. The van der Waals surface area contributed by atoms with Crippen molar-refractivity contribution in [2.75, 3.05) is 24.6 Å². The van der Waals surface area contributed by atoms with E-state index < -0.39 is 35.6 Å². The number of nitrogens with zero attached hydrogens (tertiary/aromatic N) is 3. The van der Waals surface area contributed by atoms with Gasteiger partial charge >= 0.3 is 0 Å². The predicted octanol–water partition coefficient (Wildman–Crippen LogP) is 3.74. The van der Waals surface area contributed by atoms with Crippen molar-refractivity contribution in [3.8, 4) is 0 Å². The molecule has 216 valence electrons. The lowest BCUT2D eigenvalue weighted by Crippen LogP contribution is -2.58. The summed E-state index contributed by atoms with van der Waals surface area (Å²) in [5, 5.41) is 10.7. The molecule has 3 aliphatic heterocycles. The van der Waals surface area contributed by atoms with Gasteiger partial charge in [0.2, 0.25) is 17.7 Å². The van der Waals surface area contributed by atoms with Gasteiger partial charge < -0.3 is 24.5 Å². The van der Waals surface area contributed by atoms with Crippen molar-refractivity contribution < 1.29 is 24.2 Å². The first kappa shape index (κ1) is 28.8. The number of hydrogen-bond acceptors (Lipinski definition) is 5. The molecule has 6 atom stereocenters.